The van der Waals surface area contributed by atoms with Crippen LogP contribution in [0.5, 0.6) is 0 Å². The molecule has 0 fully saturated rings. The third-order valence-corrected chi connectivity index (χ3v) is 5.27. The van der Waals surface area contributed by atoms with Gasteiger partial charge in [0.2, 0.25) is 11.8 Å². The van der Waals surface area contributed by atoms with Gasteiger partial charge >= 0.3 is 0 Å². The first-order valence-corrected chi connectivity index (χ1v) is 10.8. The van der Waals surface area contributed by atoms with Gasteiger partial charge in [-0.05, 0) is 23.3 Å². The van der Waals surface area contributed by atoms with Gasteiger partial charge in [0.05, 0.1) is 24.5 Å². The SMILES string of the molecule is O=C(CCC(=O)N1CCC(c2ccccc2)=N1)NN(Cc1ccccc1)c1ccccc1. The van der Waals surface area contributed by atoms with Crippen LogP contribution in [-0.2, 0) is 16.1 Å². The molecule has 0 aromatic heterocycles. The van der Waals surface area contributed by atoms with E-state index in [-0.39, 0.29) is 24.7 Å². The summed E-state index contributed by atoms with van der Waals surface area (Å²) in [6.07, 6.45) is 0.940. The maximum Gasteiger partial charge on any atom is 0.243 e. The first kappa shape index (κ1) is 21.3. The second kappa shape index (κ2) is 10.4. The molecule has 0 saturated heterocycles. The molecule has 3 aromatic rings. The summed E-state index contributed by atoms with van der Waals surface area (Å²) in [5.74, 6) is -0.343. The average molecular weight is 427 g/mol. The van der Waals surface area contributed by atoms with Crippen LogP contribution in [0.25, 0.3) is 0 Å². The van der Waals surface area contributed by atoms with Crippen molar-refractivity contribution in [1.82, 2.24) is 10.4 Å². The van der Waals surface area contributed by atoms with Crippen LogP contribution >= 0.6 is 0 Å². The molecule has 0 atom stereocenters. The number of nitrogens with one attached hydrogen (secondary N) is 1. The predicted molar refractivity (Wildman–Crippen MR) is 126 cm³/mol. The van der Waals surface area contributed by atoms with E-state index >= 15 is 0 Å². The fourth-order valence-corrected chi connectivity index (χ4v) is 3.60. The van der Waals surface area contributed by atoms with Gasteiger partial charge in [0.15, 0.2) is 0 Å². The Balaban J connectivity index is 1.34. The number of hydrazine groups is 1. The molecule has 0 radical (unpaired) electrons. The molecule has 6 heteroatoms. The van der Waals surface area contributed by atoms with Crippen LogP contribution in [0.3, 0.4) is 0 Å². The number of nitrogens with zero attached hydrogens (tertiary/aromatic N) is 3. The zero-order valence-corrected chi connectivity index (χ0v) is 17.9. The molecular weight excluding hydrogens is 400 g/mol. The Labute approximate surface area is 188 Å². The second-order valence-corrected chi connectivity index (χ2v) is 7.62. The Kier molecular flexibility index (Phi) is 6.92. The number of rotatable bonds is 8. The van der Waals surface area contributed by atoms with Crippen LogP contribution in [-0.4, -0.2) is 29.1 Å². The van der Waals surface area contributed by atoms with Crippen molar-refractivity contribution in [3.05, 3.63) is 102 Å². The highest BCUT2D eigenvalue weighted by molar-refractivity contribution is 6.02. The van der Waals surface area contributed by atoms with Crippen molar-refractivity contribution < 1.29 is 9.59 Å². The van der Waals surface area contributed by atoms with Crippen molar-refractivity contribution in [2.75, 3.05) is 11.6 Å². The quantitative estimate of drug-likeness (QED) is 0.551. The minimum Gasteiger partial charge on any atom is -0.281 e. The maximum absolute atomic E-state index is 12.7. The molecule has 2 amide bonds. The van der Waals surface area contributed by atoms with E-state index in [0.29, 0.717) is 13.1 Å². The molecule has 1 N–H and O–H groups in total. The van der Waals surface area contributed by atoms with Crippen molar-refractivity contribution in [2.24, 2.45) is 5.10 Å². The van der Waals surface area contributed by atoms with Gasteiger partial charge in [-0.1, -0.05) is 78.9 Å². The van der Waals surface area contributed by atoms with E-state index in [4.69, 9.17) is 0 Å². The summed E-state index contributed by atoms with van der Waals surface area (Å²) in [6, 6.07) is 29.5. The smallest absolute Gasteiger partial charge is 0.243 e. The van der Waals surface area contributed by atoms with Crippen LogP contribution in [0, 0.1) is 0 Å². The number of hydrogen-bond donors (Lipinski definition) is 1. The Hall–Kier alpha value is -3.93. The lowest BCUT2D eigenvalue weighted by atomic mass is 10.1. The van der Waals surface area contributed by atoms with Gasteiger partial charge in [0, 0.05) is 19.3 Å². The molecule has 32 heavy (non-hydrogen) atoms. The van der Waals surface area contributed by atoms with Gasteiger partial charge in [0.25, 0.3) is 0 Å². The molecule has 0 bridgehead atoms. The molecule has 162 valence electrons. The third kappa shape index (κ3) is 5.60. The van der Waals surface area contributed by atoms with Gasteiger partial charge in [-0.3, -0.25) is 20.0 Å². The lowest BCUT2D eigenvalue weighted by Crippen LogP contribution is -2.42. The summed E-state index contributed by atoms with van der Waals surface area (Å²) in [5, 5.41) is 7.75. The zero-order chi connectivity index (χ0) is 22.2. The summed E-state index contributed by atoms with van der Waals surface area (Å²) in [6.45, 7) is 1.08. The highest BCUT2D eigenvalue weighted by Gasteiger charge is 2.22. The van der Waals surface area contributed by atoms with Crippen LogP contribution in [0.15, 0.2) is 96.1 Å². The van der Waals surface area contributed by atoms with Crippen LogP contribution in [0.2, 0.25) is 0 Å². The minimum absolute atomic E-state index is 0.101. The number of hydrazone groups is 1. The molecule has 1 aliphatic rings. The number of amides is 2. The normalized spacial score (nSPS) is 12.9. The molecule has 1 heterocycles. The Morgan fingerprint density at radius 3 is 2.16 bits per heavy atom. The number of carbonyl (C=O) groups excluding carboxylic acids is 2. The van der Waals surface area contributed by atoms with Gasteiger partial charge < -0.3 is 0 Å². The molecule has 0 spiro atoms. The zero-order valence-electron chi connectivity index (χ0n) is 17.9. The molecule has 0 saturated carbocycles. The molecule has 3 aromatic carbocycles. The molecule has 0 unspecified atom stereocenters. The lowest BCUT2D eigenvalue weighted by Gasteiger charge is -2.25. The Bertz CT molecular complexity index is 1070. The monoisotopic (exact) mass is 426 g/mol. The van der Waals surface area contributed by atoms with Crippen molar-refractivity contribution in [3.8, 4) is 0 Å². The van der Waals surface area contributed by atoms with Gasteiger partial charge in [0.1, 0.15) is 0 Å². The summed E-state index contributed by atoms with van der Waals surface area (Å²) in [5.41, 5.74) is 6.84. The standard InChI is InChI=1S/C26H26N4O2/c31-25(16-17-26(32)29-19-18-24(27-29)22-12-6-2-7-13-22)28-30(23-14-8-3-9-15-23)20-21-10-4-1-5-11-21/h1-15H,16-20H2,(H,28,31). The minimum atomic E-state index is -0.204. The summed E-state index contributed by atoms with van der Waals surface area (Å²) >= 11 is 0. The summed E-state index contributed by atoms with van der Waals surface area (Å²) < 4.78 is 0. The number of hydrogen-bond acceptors (Lipinski definition) is 4. The van der Waals surface area contributed by atoms with E-state index in [1.165, 1.54) is 5.01 Å². The second-order valence-electron chi connectivity index (χ2n) is 7.62. The van der Waals surface area contributed by atoms with Gasteiger partial charge in [-0.15, -0.1) is 0 Å². The average Bonchev–Trinajstić information content (AvgIpc) is 3.34. The lowest BCUT2D eigenvalue weighted by molar-refractivity contribution is -0.133. The van der Waals surface area contributed by atoms with E-state index in [1.807, 2.05) is 96.0 Å². The maximum atomic E-state index is 12.7. The molecule has 4 rings (SSSR count). The number of anilines is 1. The number of para-hydroxylation sites is 1. The van der Waals surface area contributed by atoms with Crippen LogP contribution in [0.4, 0.5) is 5.69 Å². The van der Waals surface area contributed by atoms with Crippen molar-refractivity contribution in [1.29, 1.82) is 0 Å². The van der Waals surface area contributed by atoms with Crippen LogP contribution in [0.1, 0.15) is 30.4 Å². The largest absolute Gasteiger partial charge is 0.281 e. The summed E-state index contributed by atoms with van der Waals surface area (Å²) in [7, 11) is 0. The highest BCUT2D eigenvalue weighted by Crippen LogP contribution is 2.17. The number of benzene rings is 3. The molecule has 6 nitrogen and oxygen atoms in total. The Morgan fingerprint density at radius 1 is 0.844 bits per heavy atom. The molecular formula is C26H26N4O2. The van der Waals surface area contributed by atoms with Crippen molar-refractivity contribution >= 4 is 23.2 Å². The van der Waals surface area contributed by atoms with E-state index < -0.39 is 0 Å². The topological polar surface area (TPSA) is 65.0 Å². The first-order valence-electron chi connectivity index (χ1n) is 10.8. The molecule has 0 aliphatic carbocycles. The molecule has 1 aliphatic heterocycles. The van der Waals surface area contributed by atoms with Gasteiger partial charge in [-0.2, -0.15) is 5.10 Å². The first-order chi connectivity index (χ1) is 15.7. The van der Waals surface area contributed by atoms with E-state index in [2.05, 4.69) is 10.5 Å². The summed E-state index contributed by atoms with van der Waals surface area (Å²) in [4.78, 5) is 25.3. The van der Waals surface area contributed by atoms with Gasteiger partial charge in [-0.25, -0.2) is 5.01 Å². The van der Waals surface area contributed by atoms with E-state index in [0.717, 1.165) is 28.9 Å². The fraction of sp³-hybridized carbons (Fsp3) is 0.192. The Morgan fingerprint density at radius 2 is 1.47 bits per heavy atom. The highest BCUT2D eigenvalue weighted by atomic mass is 16.2. The van der Waals surface area contributed by atoms with Crippen LogP contribution < -0.4 is 10.4 Å². The van der Waals surface area contributed by atoms with E-state index in [9.17, 15) is 9.59 Å². The van der Waals surface area contributed by atoms with Crippen molar-refractivity contribution in [2.45, 2.75) is 25.8 Å². The fourth-order valence-electron chi connectivity index (χ4n) is 3.60. The van der Waals surface area contributed by atoms with E-state index in [1.54, 1.807) is 0 Å². The van der Waals surface area contributed by atoms with Crippen molar-refractivity contribution in [3.63, 3.8) is 0 Å². The predicted octanol–water partition coefficient (Wildman–Crippen LogP) is 4.14. The third-order valence-electron chi connectivity index (χ3n) is 5.27. The number of carbonyl (C=O) groups is 2.